The van der Waals surface area contributed by atoms with E-state index in [0.29, 0.717) is 31.2 Å². The zero-order valence-corrected chi connectivity index (χ0v) is 15.6. The number of ketones is 1. The van der Waals surface area contributed by atoms with E-state index >= 15 is 0 Å². The summed E-state index contributed by atoms with van der Waals surface area (Å²) in [6.07, 6.45) is 0. The van der Waals surface area contributed by atoms with Crippen molar-refractivity contribution in [2.45, 2.75) is 13.2 Å². The second-order valence-corrected chi connectivity index (χ2v) is 6.55. The van der Waals surface area contributed by atoms with Crippen LogP contribution in [-0.4, -0.2) is 19.0 Å². The molecule has 0 saturated carbocycles. The molecule has 0 amide bonds. The summed E-state index contributed by atoms with van der Waals surface area (Å²) in [5, 5.41) is 2.00. The Bertz CT molecular complexity index is 619. The van der Waals surface area contributed by atoms with Gasteiger partial charge in [0.1, 0.15) is 13.2 Å². The fourth-order valence-electron chi connectivity index (χ4n) is 1.92. The van der Waals surface area contributed by atoms with Crippen LogP contribution in [-0.2, 0) is 27.5 Å². The molecule has 2 rings (SSSR count). The standard InChI is InChI=1S/C17H14Cl4O3/c18-14-3-1-4-15(19)12(14)9-23-7-11(22)8-24-10-13-16(20)5-2-6-17(13)21/h1-6H,7-10H2. The normalized spacial score (nSPS) is 10.8. The zero-order chi connectivity index (χ0) is 17.5. The highest BCUT2D eigenvalue weighted by Gasteiger charge is 2.09. The predicted molar refractivity (Wildman–Crippen MR) is 97.2 cm³/mol. The number of hydrogen-bond acceptors (Lipinski definition) is 3. The Kier molecular flexibility index (Phi) is 7.82. The lowest BCUT2D eigenvalue weighted by Crippen LogP contribution is -2.15. The monoisotopic (exact) mass is 406 g/mol. The largest absolute Gasteiger partial charge is 0.369 e. The fraction of sp³-hybridized carbons (Fsp3) is 0.235. The van der Waals surface area contributed by atoms with Crippen LogP contribution in [0.25, 0.3) is 0 Å². The SMILES string of the molecule is O=C(COCc1c(Cl)cccc1Cl)COCc1c(Cl)cccc1Cl. The van der Waals surface area contributed by atoms with E-state index in [1.807, 2.05) is 0 Å². The maximum Gasteiger partial charge on any atom is 0.184 e. The Labute approximate surface area is 160 Å². The molecule has 0 aliphatic carbocycles. The molecule has 2 aromatic carbocycles. The van der Waals surface area contributed by atoms with Gasteiger partial charge in [0.05, 0.1) is 13.2 Å². The molecular weight excluding hydrogens is 394 g/mol. The van der Waals surface area contributed by atoms with Crippen LogP contribution in [0.2, 0.25) is 20.1 Å². The van der Waals surface area contributed by atoms with Crippen molar-refractivity contribution in [1.82, 2.24) is 0 Å². The molecule has 0 aromatic heterocycles. The number of Topliss-reactive ketones (excluding diaryl/α,β-unsaturated/α-hetero) is 1. The number of ether oxygens (including phenoxy) is 2. The topological polar surface area (TPSA) is 35.5 Å². The van der Waals surface area contributed by atoms with Gasteiger partial charge in [-0.05, 0) is 24.3 Å². The van der Waals surface area contributed by atoms with Gasteiger partial charge in [0.25, 0.3) is 0 Å². The smallest absolute Gasteiger partial charge is 0.184 e. The third-order valence-electron chi connectivity index (χ3n) is 3.14. The first-order chi connectivity index (χ1) is 11.5. The number of rotatable bonds is 8. The molecule has 7 heteroatoms. The van der Waals surface area contributed by atoms with E-state index in [9.17, 15) is 4.79 Å². The molecule has 0 spiro atoms. The lowest BCUT2D eigenvalue weighted by atomic mass is 10.2. The van der Waals surface area contributed by atoms with E-state index in [1.165, 1.54) is 0 Å². The highest BCUT2D eigenvalue weighted by Crippen LogP contribution is 2.25. The van der Waals surface area contributed by atoms with Gasteiger partial charge in [-0.15, -0.1) is 0 Å². The third-order valence-corrected chi connectivity index (χ3v) is 4.56. The van der Waals surface area contributed by atoms with Gasteiger partial charge in [-0.25, -0.2) is 0 Å². The van der Waals surface area contributed by atoms with Crippen molar-refractivity contribution in [2.75, 3.05) is 13.2 Å². The van der Waals surface area contributed by atoms with Crippen molar-refractivity contribution in [2.24, 2.45) is 0 Å². The van der Waals surface area contributed by atoms with Gasteiger partial charge in [-0.3, -0.25) is 4.79 Å². The van der Waals surface area contributed by atoms with Crippen LogP contribution >= 0.6 is 46.4 Å². The van der Waals surface area contributed by atoms with Gasteiger partial charge < -0.3 is 9.47 Å². The summed E-state index contributed by atoms with van der Waals surface area (Å²) in [6, 6.07) is 10.3. The van der Waals surface area contributed by atoms with Crippen LogP contribution in [0.4, 0.5) is 0 Å². The molecule has 0 saturated heterocycles. The molecule has 128 valence electrons. The van der Waals surface area contributed by atoms with Gasteiger partial charge in [0.2, 0.25) is 0 Å². The van der Waals surface area contributed by atoms with Crippen LogP contribution in [0, 0.1) is 0 Å². The summed E-state index contributed by atoms with van der Waals surface area (Å²) in [5.74, 6) is -0.207. The van der Waals surface area contributed by atoms with Crippen LogP contribution in [0.5, 0.6) is 0 Å². The van der Waals surface area contributed by atoms with E-state index < -0.39 is 0 Å². The quantitative estimate of drug-likeness (QED) is 0.571. The molecule has 0 unspecified atom stereocenters. The van der Waals surface area contributed by atoms with Crippen molar-refractivity contribution in [3.05, 3.63) is 67.6 Å². The molecular formula is C17H14Cl4O3. The first-order valence-electron chi connectivity index (χ1n) is 7.02. The molecule has 24 heavy (non-hydrogen) atoms. The molecule has 0 heterocycles. The third kappa shape index (κ3) is 5.62. The molecule has 2 aromatic rings. The number of hydrogen-bond donors (Lipinski definition) is 0. The molecule has 0 atom stereocenters. The molecule has 0 aliphatic heterocycles. The van der Waals surface area contributed by atoms with E-state index in [4.69, 9.17) is 55.9 Å². The second-order valence-electron chi connectivity index (χ2n) is 4.92. The van der Waals surface area contributed by atoms with Gasteiger partial charge in [-0.1, -0.05) is 58.5 Å². The lowest BCUT2D eigenvalue weighted by Gasteiger charge is -2.09. The van der Waals surface area contributed by atoms with E-state index in [-0.39, 0.29) is 32.2 Å². The minimum Gasteiger partial charge on any atom is -0.369 e. The number of carbonyl (C=O) groups is 1. The molecule has 0 aliphatic rings. The average Bonchev–Trinajstić information content (AvgIpc) is 2.53. The van der Waals surface area contributed by atoms with Gasteiger partial charge in [-0.2, -0.15) is 0 Å². The summed E-state index contributed by atoms with van der Waals surface area (Å²) >= 11 is 24.1. The van der Waals surface area contributed by atoms with Crippen molar-refractivity contribution in [3.8, 4) is 0 Å². The van der Waals surface area contributed by atoms with Crippen LogP contribution in [0.3, 0.4) is 0 Å². The summed E-state index contributed by atoms with van der Waals surface area (Å²) < 4.78 is 10.7. The minimum atomic E-state index is -0.207. The van der Waals surface area contributed by atoms with Crippen molar-refractivity contribution >= 4 is 52.2 Å². The maximum absolute atomic E-state index is 11.8. The van der Waals surface area contributed by atoms with Gasteiger partial charge in [0, 0.05) is 31.2 Å². The second kappa shape index (κ2) is 9.62. The van der Waals surface area contributed by atoms with Crippen molar-refractivity contribution in [3.63, 3.8) is 0 Å². The minimum absolute atomic E-state index is 0.0994. The van der Waals surface area contributed by atoms with E-state index in [1.54, 1.807) is 36.4 Å². The van der Waals surface area contributed by atoms with Crippen LogP contribution < -0.4 is 0 Å². The number of carbonyl (C=O) groups excluding carboxylic acids is 1. The Morgan fingerprint density at radius 3 is 1.38 bits per heavy atom. The van der Waals surface area contributed by atoms with Crippen molar-refractivity contribution < 1.29 is 14.3 Å². The highest BCUT2D eigenvalue weighted by atomic mass is 35.5. The van der Waals surface area contributed by atoms with Crippen molar-refractivity contribution in [1.29, 1.82) is 0 Å². The van der Waals surface area contributed by atoms with Gasteiger partial charge in [0.15, 0.2) is 5.78 Å². The Hall–Kier alpha value is -0.810. The van der Waals surface area contributed by atoms with E-state index in [2.05, 4.69) is 0 Å². The number of benzene rings is 2. The van der Waals surface area contributed by atoms with E-state index in [0.717, 1.165) is 0 Å². The first kappa shape index (κ1) is 19.5. The predicted octanol–water partition coefficient (Wildman–Crippen LogP) is 5.60. The summed E-state index contributed by atoms with van der Waals surface area (Å²) in [6.45, 7) is 0.108. The lowest BCUT2D eigenvalue weighted by molar-refractivity contribution is -0.129. The first-order valence-corrected chi connectivity index (χ1v) is 8.53. The van der Waals surface area contributed by atoms with Crippen LogP contribution in [0.15, 0.2) is 36.4 Å². The Morgan fingerprint density at radius 1 is 0.708 bits per heavy atom. The Morgan fingerprint density at radius 2 is 1.04 bits per heavy atom. The summed E-state index contributed by atoms with van der Waals surface area (Å²) in [7, 11) is 0. The average molecular weight is 408 g/mol. The fourth-order valence-corrected chi connectivity index (χ4v) is 2.93. The zero-order valence-electron chi connectivity index (χ0n) is 12.5. The van der Waals surface area contributed by atoms with Crippen LogP contribution in [0.1, 0.15) is 11.1 Å². The molecule has 0 fully saturated rings. The molecule has 3 nitrogen and oxygen atoms in total. The highest BCUT2D eigenvalue weighted by molar-refractivity contribution is 6.36. The maximum atomic E-state index is 11.8. The summed E-state index contributed by atoms with van der Waals surface area (Å²) in [4.78, 5) is 11.8. The summed E-state index contributed by atoms with van der Waals surface area (Å²) in [5.41, 5.74) is 1.30. The number of halogens is 4. The Balaban J connectivity index is 1.74. The molecule has 0 N–H and O–H groups in total. The van der Waals surface area contributed by atoms with Gasteiger partial charge >= 0.3 is 0 Å². The molecule has 0 radical (unpaired) electrons. The molecule has 0 bridgehead atoms.